The number of carbonyl (C=O) groups is 1. The largest absolute Gasteiger partial charge is 0.426 e. The van der Waals surface area contributed by atoms with E-state index in [-0.39, 0.29) is 16.8 Å². The summed E-state index contributed by atoms with van der Waals surface area (Å²) < 4.78 is 5.64. The van der Waals surface area contributed by atoms with Crippen molar-refractivity contribution in [3.05, 3.63) is 41.7 Å². The van der Waals surface area contributed by atoms with E-state index < -0.39 is 0 Å². The van der Waals surface area contributed by atoms with Gasteiger partial charge in [0.05, 0.1) is 0 Å². The maximum absolute atomic E-state index is 11.7. The molecule has 1 aromatic carbocycles. The highest BCUT2D eigenvalue weighted by molar-refractivity contribution is 5.73. The predicted octanol–water partition coefficient (Wildman–Crippen LogP) is 4.74. The van der Waals surface area contributed by atoms with Crippen LogP contribution in [-0.4, -0.2) is 15.9 Å². The number of nitrogens with zero attached hydrogens (tertiary/aromatic N) is 2. The maximum atomic E-state index is 11.7. The second kappa shape index (κ2) is 6.82. The molecule has 0 aliphatic carbocycles. The molecule has 1 N–H and O–H groups in total. The van der Waals surface area contributed by atoms with E-state index in [1.165, 1.54) is 6.92 Å². The third-order valence-corrected chi connectivity index (χ3v) is 3.77. The summed E-state index contributed by atoms with van der Waals surface area (Å²) >= 11 is 0. The first kappa shape index (κ1) is 18.9. The summed E-state index contributed by atoms with van der Waals surface area (Å²) in [6.45, 7) is 14.0. The van der Waals surface area contributed by atoms with Crippen LogP contribution in [0, 0.1) is 0 Å². The number of anilines is 2. The second-order valence-electron chi connectivity index (χ2n) is 8.19. The quantitative estimate of drug-likeness (QED) is 0.645. The number of aromatic nitrogens is 2. The Kier molecular flexibility index (Phi) is 5.16. The van der Waals surface area contributed by atoms with E-state index in [2.05, 4.69) is 56.8 Å². The Morgan fingerprint density at radius 2 is 1.44 bits per heavy atom. The number of hydrogen-bond donors (Lipinski definition) is 1. The molecule has 25 heavy (non-hydrogen) atoms. The fourth-order valence-electron chi connectivity index (χ4n) is 2.56. The first-order valence-electron chi connectivity index (χ1n) is 8.40. The van der Waals surface area contributed by atoms with Crippen molar-refractivity contribution >= 4 is 17.6 Å². The average Bonchev–Trinajstić information content (AvgIpc) is 2.46. The minimum absolute atomic E-state index is 0.194. The fourth-order valence-corrected chi connectivity index (χ4v) is 2.56. The molecule has 0 saturated carbocycles. The van der Waals surface area contributed by atoms with Gasteiger partial charge < -0.3 is 10.1 Å². The van der Waals surface area contributed by atoms with Gasteiger partial charge >= 0.3 is 5.97 Å². The maximum Gasteiger partial charge on any atom is 0.308 e. The first-order chi connectivity index (χ1) is 11.5. The van der Waals surface area contributed by atoms with E-state index in [9.17, 15) is 4.79 Å². The van der Waals surface area contributed by atoms with Crippen LogP contribution in [0.25, 0.3) is 0 Å². The van der Waals surface area contributed by atoms with E-state index in [4.69, 9.17) is 4.74 Å². The van der Waals surface area contributed by atoms with E-state index in [1.807, 2.05) is 12.1 Å². The van der Waals surface area contributed by atoms with Crippen molar-refractivity contribution < 1.29 is 9.53 Å². The molecule has 0 spiro atoms. The Morgan fingerprint density at radius 3 is 1.84 bits per heavy atom. The molecule has 0 saturated heterocycles. The number of rotatable bonds is 3. The van der Waals surface area contributed by atoms with Crippen molar-refractivity contribution in [2.45, 2.75) is 59.3 Å². The van der Waals surface area contributed by atoms with Crippen molar-refractivity contribution in [3.63, 3.8) is 0 Å². The summed E-state index contributed by atoms with van der Waals surface area (Å²) in [5.74, 6) is 0.859. The van der Waals surface area contributed by atoms with Crippen LogP contribution in [0.2, 0.25) is 0 Å². The third-order valence-electron chi connectivity index (χ3n) is 3.77. The minimum atomic E-state index is -0.317. The lowest BCUT2D eigenvalue weighted by atomic mass is 9.79. The highest BCUT2D eigenvalue weighted by atomic mass is 16.5. The van der Waals surface area contributed by atoms with Gasteiger partial charge in [0.2, 0.25) is 5.95 Å². The lowest BCUT2D eigenvalue weighted by Crippen LogP contribution is -2.21. The van der Waals surface area contributed by atoms with Gasteiger partial charge in [0.25, 0.3) is 0 Å². The topological polar surface area (TPSA) is 64.1 Å². The van der Waals surface area contributed by atoms with Crippen molar-refractivity contribution in [1.82, 2.24) is 9.97 Å². The fraction of sp³-hybridized carbons (Fsp3) is 0.450. The zero-order chi connectivity index (χ0) is 18.8. The molecule has 0 unspecified atom stereocenters. The van der Waals surface area contributed by atoms with Gasteiger partial charge in [-0.15, -0.1) is 0 Å². The number of ether oxygens (including phenoxy) is 1. The molecule has 0 aliphatic heterocycles. The molecule has 5 heteroatoms. The van der Waals surface area contributed by atoms with Crippen molar-refractivity contribution in [3.8, 4) is 5.75 Å². The van der Waals surface area contributed by atoms with Gasteiger partial charge in [-0.25, -0.2) is 9.97 Å². The van der Waals surface area contributed by atoms with Gasteiger partial charge in [-0.05, 0) is 29.0 Å². The van der Waals surface area contributed by atoms with Crippen LogP contribution in [0.15, 0.2) is 30.6 Å². The molecule has 0 fully saturated rings. The highest BCUT2D eigenvalue weighted by Crippen LogP contribution is 2.42. The summed E-state index contributed by atoms with van der Waals surface area (Å²) in [5.41, 5.74) is 2.42. The number of hydrogen-bond acceptors (Lipinski definition) is 5. The number of carbonyl (C=O) groups excluding carboxylic acids is 1. The molecule has 0 atom stereocenters. The van der Waals surface area contributed by atoms with Gasteiger partial charge in [0, 0.05) is 36.1 Å². The molecular formula is C20H27N3O2. The van der Waals surface area contributed by atoms with E-state index in [1.54, 1.807) is 18.5 Å². The Bertz CT molecular complexity index is 722. The third kappa shape index (κ3) is 4.78. The zero-order valence-corrected chi connectivity index (χ0v) is 16.1. The number of benzene rings is 1. The zero-order valence-electron chi connectivity index (χ0n) is 16.1. The van der Waals surface area contributed by atoms with Crippen molar-refractivity contribution in [2.24, 2.45) is 0 Å². The summed E-state index contributed by atoms with van der Waals surface area (Å²) in [6, 6.07) is 5.78. The molecular weight excluding hydrogens is 314 g/mol. The Morgan fingerprint density at radius 1 is 0.960 bits per heavy atom. The van der Waals surface area contributed by atoms with Crippen LogP contribution >= 0.6 is 0 Å². The van der Waals surface area contributed by atoms with Gasteiger partial charge in [-0.1, -0.05) is 41.5 Å². The molecule has 1 heterocycles. The Hall–Kier alpha value is -2.43. The van der Waals surface area contributed by atoms with Crippen LogP contribution in [0.4, 0.5) is 11.6 Å². The molecule has 2 rings (SSSR count). The SMILES string of the molecule is CC(=O)Oc1c(C(C)(C)C)cc(Nc2ncccn2)cc1C(C)(C)C. The monoisotopic (exact) mass is 341 g/mol. The van der Waals surface area contributed by atoms with Gasteiger partial charge in [0.1, 0.15) is 5.75 Å². The smallest absolute Gasteiger partial charge is 0.308 e. The molecule has 1 aromatic heterocycles. The van der Waals surface area contributed by atoms with Crippen molar-refractivity contribution in [1.29, 1.82) is 0 Å². The van der Waals surface area contributed by atoms with Gasteiger partial charge in [-0.2, -0.15) is 0 Å². The van der Waals surface area contributed by atoms with Crippen LogP contribution in [0.1, 0.15) is 59.6 Å². The average molecular weight is 341 g/mol. The molecule has 0 bridgehead atoms. The van der Waals surface area contributed by atoms with E-state index in [0.29, 0.717) is 11.7 Å². The summed E-state index contributed by atoms with van der Waals surface area (Å²) in [5, 5.41) is 3.25. The Balaban J connectivity index is 2.65. The molecule has 134 valence electrons. The standard InChI is InChI=1S/C20H27N3O2/c1-13(24)25-17-15(19(2,3)4)11-14(12-16(17)20(5,6)7)23-18-21-9-8-10-22-18/h8-12H,1-7H3,(H,21,22,23). The molecule has 0 aliphatic rings. The lowest BCUT2D eigenvalue weighted by molar-refractivity contribution is -0.132. The van der Waals surface area contributed by atoms with Crippen LogP contribution in [-0.2, 0) is 15.6 Å². The molecule has 5 nitrogen and oxygen atoms in total. The van der Waals surface area contributed by atoms with Crippen molar-refractivity contribution in [2.75, 3.05) is 5.32 Å². The molecule has 0 amide bonds. The highest BCUT2D eigenvalue weighted by Gasteiger charge is 2.29. The molecule has 0 radical (unpaired) electrons. The van der Waals surface area contributed by atoms with E-state index >= 15 is 0 Å². The van der Waals surface area contributed by atoms with Gasteiger partial charge in [0.15, 0.2) is 0 Å². The molecule has 2 aromatic rings. The van der Waals surface area contributed by atoms with E-state index in [0.717, 1.165) is 16.8 Å². The first-order valence-corrected chi connectivity index (χ1v) is 8.40. The normalized spacial score (nSPS) is 12.0. The van der Waals surface area contributed by atoms with Crippen LogP contribution in [0.3, 0.4) is 0 Å². The number of nitrogens with one attached hydrogen (secondary N) is 1. The van der Waals surface area contributed by atoms with Gasteiger partial charge in [-0.3, -0.25) is 4.79 Å². The minimum Gasteiger partial charge on any atom is -0.426 e. The summed E-state index contributed by atoms with van der Waals surface area (Å²) in [4.78, 5) is 20.1. The Labute approximate surface area is 149 Å². The van der Waals surface area contributed by atoms with Crippen LogP contribution in [0.5, 0.6) is 5.75 Å². The second-order valence-corrected chi connectivity index (χ2v) is 8.19. The predicted molar refractivity (Wildman–Crippen MR) is 100 cm³/mol. The summed E-state index contributed by atoms with van der Waals surface area (Å²) in [7, 11) is 0. The number of esters is 1. The summed E-state index contributed by atoms with van der Waals surface area (Å²) in [6.07, 6.45) is 3.38. The van der Waals surface area contributed by atoms with Crippen LogP contribution < -0.4 is 10.1 Å². The lowest BCUT2D eigenvalue weighted by Gasteiger charge is -2.30.